The van der Waals surface area contributed by atoms with E-state index in [9.17, 15) is 0 Å². The van der Waals surface area contributed by atoms with E-state index in [4.69, 9.17) is 18.9 Å². The first-order chi connectivity index (χ1) is 21.4. The summed E-state index contributed by atoms with van der Waals surface area (Å²) in [7, 11) is 0. The van der Waals surface area contributed by atoms with Crippen LogP contribution in [0.3, 0.4) is 0 Å². The van der Waals surface area contributed by atoms with E-state index in [1.54, 1.807) is 0 Å². The Morgan fingerprint density at radius 3 is 1.30 bits per heavy atom. The van der Waals surface area contributed by atoms with Crippen molar-refractivity contribution in [2.24, 2.45) is 0 Å². The maximum Gasteiger partial charge on any atom is 0.0718 e. The van der Waals surface area contributed by atoms with Gasteiger partial charge in [0.2, 0.25) is 0 Å². The van der Waals surface area contributed by atoms with Crippen LogP contribution in [0.4, 0.5) is 0 Å². The van der Waals surface area contributed by atoms with Gasteiger partial charge in [0.15, 0.2) is 0 Å². The summed E-state index contributed by atoms with van der Waals surface area (Å²) < 4.78 is 28.3. The van der Waals surface area contributed by atoms with Crippen molar-refractivity contribution in [3.8, 4) is 0 Å². The molecule has 0 aliphatic carbocycles. The molecule has 0 N–H and O–H groups in total. The van der Waals surface area contributed by atoms with Gasteiger partial charge in [-0.05, 0) is 66.8 Å². The van der Waals surface area contributed by atoms with Gasteiger partial charge in [0.25, 0.3) is 0 Å². The molecule has 6 heteroatoms. The maximum atomic E-state index is 5.93. The Labute approximate surface area is 252 Å². The molecule has 6 heterocycles. The van der Waals surface area contributed by atoms with Crippen molar-refractivity contribution in [3.63, 3.8) is 0 Å². The number of hydrogen-bond donors (Lipinski definition) is 0. The van der Waals surface area contributed by atoms with Crippen molar-refractivity contribution in [3.05, 3.63) is 96.1 Å². The molecular weight excluding hydrogens is 536 g/mol. The van der Waals surface area contributed by atoms with E-state index in [-0.39, 0.29) is 0 Å². The molecule has 6 nitrogen and oxygen atoms in total. The molecule has 4 aromatic carbocycles. The summed E-state index contributed by atoms with van der Waals surface area (Å²) in [5.74, 6) is 0. The number of benzene rings is 4. The van der Waals surface area contributed by atoms with Gasteiger partial charge in [-0.25, -0.2) is 0 Å². The lowest BCUT2D eigenvalue weighted by molar-refractivity contribution is -0.00617. The zero-order valence-electron chi connectivity index (χ0n) is 24.8. The summed E-state index contributed by atoms with van der Waals surface area (Å²) in [5, 5.41) is 5.23. The summed E-state index contributed by atoms with van der Waals surface area (Å²) in [6.07, 6.45) is 3.45. The molecular formula is C37H40N2O4. The highest BCUT2D eigenvalue weighted by atomic mass is 16.6. The molecule has 2 aromatic heterocycles. The lowest BCUT2D eigenvalue weighted by Gasteiger charge is -2.10. The molecule has 4 aliphatic rings. The summed E-state index contributed by atoms with van der Waals surface area (Å²) in [4.78, 5) is 0. The fraction of sp³-hybridized carbons (Fsp3) is 0.351. The number of ether oxygens (including phenoxy) is 4. The van der Waals surface area contributed by atoms with Gasteiger partial charge in [0, 0.05) is 56.7 Å². The highest BCUT2D eigenvalue weighted by Gasteiger charge is 2.13. The van der Waals surface area contributed by atoms with Crippen LogP contribution in [-0.2, 0) is 45.3 Å². The standard InChI is InChI=1S/C37H40N2O4/c1-6-16-38-34-10-4-2-8-30(34)32-24-28(12-14-36(32)38)26-42-22-20-40-18-19-41-21-23-43-27-29-13-15-37-33(25-29)31-9-3-5-11-35(31)39(37)17-7-1/h2-5,8-15,24-25H,1,6-7,16-23,26-27H2. The van der Waals surface area contributed by atoms with Gasteiger partial charge in [-0.1, -0.05) is 48.5 Å². The van der Waals surface area contributed by atoms with Crippen LogP contribution in [0.2, 0.25) is 0 Å². The molecule has 0 saturated carbocycles. The Kier molecular flexibility index (Phi) is 8.70. The molecule has 222 valence electrons. The Bertz CT molecular complexity index is 1700. The fourth-order valence-electron chi connectivity index (χ4n) is 6.52. The minimum absolute atomic E-state index is 0.551. The smallest absolute Gasteiger partial charge is 0.0718 e. The van der Waals surface area contributed by atoms with Crippen LogP contribution in [-0.4, -0.2) is 48.8 Å². The van der Waals surface area contributed by atoms with Gasteiger partial charge in [-0.2, -0.15) is 0 Å². The maximum absolute atomic E-state index is 5.93. The van der Waals surface area contributed by atoms with Crippen molar-refractivity contribution < 1.29 is 18.9 Å². The van der Waals surface area contributed by atoms with Gasteiger partial charge < -0.3 is 28.1 Å². The van der Waals surface area contributed by atoms with Gasteiger partial charge >= 0.3 is 0 Å². The third kappa shape index (κ3) is 6.06. The molecule has 10 rings (SSSR count). The number of aryl methyl sites for hydroxylation is 2. The van der Waals surface area contributed by atoms with Crippen LogP contribution in [0.25, 0.3) is 43.6 Å². The molecule has 0 amide bonds. The molecule has 8 bridgehead atoms. The van der Waals surface area contributed by atoms with E-state index >= 15 is 0 Å². The molecule has 4 aliphatic heterocycles. The number of rotatable bonds is 0. The predicted octanol–water partition coefficient (Wildman–Crippen LogP) is 7.85. The summed E-state index contributed by atoms with van der Waals surface area (Å²) >= 11 is 0. The average Bonchev–Trinajstić information content (AvgIpc) is 3.53. The first-order valence-corrected chi connectivity index (χ1v) is 15.7. The number of hydrogen-bond acceptors (Lipinski definition) is 4. The Hall–Kier alpha value is -3.68. The van der Waals surface area contributed by atoms with Crippen molar-refractivity contribution >= 4 is 43.6 Å². The van der Waals surface area contributed by atoms with Crippen LogP contribution in [0.5, 0.6) is 0 Å². The largest absolute Gasteiger partial charge is 0.377 e. The van der Waals surface area contributed by atoms with Crippen molar-refractivity contribution in [2.75, 3.05) is 39.6 Å². The number of fused-ring (bicyclic) bond motifs is 2. The third-order valence-electron chi connectivity index (χ3n) is 8.59. The van der Waals surface area contributed by atoms with E-state index in [0.29, 0.717) is 52.9 Å². The normalized spacial score (nSPS) is 17.1. The monoisotopic (exact) mass is 576 g/mol. The molecule has 0 unspecified atom stereocenters. The van der Waals surface area contributed by atoms with E-state index < -0.39 is 0 Å². The second-order valence-corrected chi connectivity index (χ2v) is 11.4. The lowest BCUT2D eigenvalue weighted by Crippen LogP contribution is -2.11. The zero-order chi connectivity index (χ0) is 28.8. The van der Waals surface area contributed by atoms with E-state index in [0.717, 1.165) is 25.9 Å². The Morgan fingerprint density at radius 2 is 0.814 bits per heavy atom. The van der Waals surface area contributed by atoms with Crippen LogP contribution in [0.1, 0.15) is 30.4 Å². The lowest BCUT2D eigenvalue weighted by atomic mass is 10.1. The molecule has 0 fully saturated rings. The second-order valence-electron chi connectivity index (χ2n) is 11.4. The van der Waals surface area contributed by atoms with E-state index in [1.165, 1.54) is 61.2 Å². The van der Waals surface area contributed by atoms with E-state index in [1.807, 2.05) is 0 Å². The molecule has 43 heavy (non-hydrogen) atoms. The fourth-order valence-corrected chi connectivity index (χ4v) is 6.52. The minimum Gasteiger partial charge on any atom is -0.377 e. The van der Waals surface area contributed by atoms with Crippen molar-refractivity contribution in [1.82, 2.24) is 9.13 Å². The first kappa shape index (κ1) is 28.1. The topological polar surface area (TPSA) is 46.8 Å². The molecule has 0 atom stereocenters. The van der Waals surface area contributed by atoms with Crippen LogP contribution in [0.15, 0.2) is 84.9 Å². The first-order valence-electron chi connectivity index (χ1n) is 15.7. The summed E-state index contributed by atoms with van der Waals surface area (Å²) in [5.41, 5.74) is 7.59. The average molecular weight is 577 g/mol. The minimum atomic E-state index is 0.551. The number of aromatic nitrogens is 2. The zero-order valence-corrected chi connectivity index (χ0v) is 24.8. The highest BCUT2D eigenvalue weighted by molar-refractivity contribution is 6.09. The summed E-state index contributed by atoms with van der Waals surface area (Å²) in [6, 6.07) is 31.1. The number of para-hydroxylation sites is 2. The Balaban J connectivity index is 1.13. The number of nitrogens with zero attached hydrogens (tertiary/aromatic N) is 2. The van der Waals surface area contributed by atoms with Crippen molar-refractivity contribution in [1.29, 1.82) is 0 Å². The third-order valence-corrected chi connectivity index (χ3v) is 8.59. The molecule has 0 spiro atoms. The SMILES string of the molecule is c1ccc2c(c1)c1cc3ccc1n2CCCCCn1c2ccccc2c2cc(ccc21)COCCOCCOCCOC3. The van der Waals surface area contributed by atoms with E-state index in [2.05, 4.69) is 94.1 Å². The van der Waals surface area contributed by atoms with Gasteiger partial charge in [-0.3, -0.25) is 0 Å². The van der Waals surface area contributed by atoms with Crippen molar-refractivity contribution in [2.45, 2.75) is 45.6 Å². The predicted molar refractivity (Wildman–Crippen MR) is 174 cm³/mol. The molecule has 0 radical (unpaired) electrons. The van der Waals surface area contributed by atoms with Crippen LogP contribution < -0.4 is 0 Å². The van der Waals surface area contributed by atoms with Gasteiger partial charge in [0.1, 0.15) is 0 Å². The molecule has 6 aromatic rings. The van der Waals surface area contributed by atoms with Crippen LogP contribution >= 0.6 is 0 Å². The van der Waals surface area contributed by atoms with Crippen LogP contribution in [0, 0.1) is 0 Å². The second kappa shape index (κ2) is 13.3. The molecule has 0 saturated heterocycles. The highest BCUT2D eigenvalue weighted by Crippen LogP contribution is 2.32. The van der Waals surface area contributed by atoms with Gasteiger partial charge in [-0.15, -0.1) is 0 Å². The Morgan fingerprint density at radius 1 is 0.395 bits per heavy atom. The quantitative estimate of drug-likeness (QED) is 0.185. The summed E-state index contributed by atoms with van der Waals surface area (Å²) in [6.45, 7) is 6.52. The van der Waals surface area contributed by atoms with Gasteiger partial charge in [0.05, 0.1) is 52.9 Å².